The van der Waals surface area contributed by atoms with Crippen LogP contribution in [0.3, 0.4) is 0 Å². The molecule has 1 fully saturated rings. The Morgan fingerprint density at radius 3 is 2.38 bits per heavy atom. The molecule has 0 spiro atoms. The monoisotopic (exact) mass is 362 g/mol. The van der Waals surface area contributed by atoms with E-state index in [9.17, 15) is 9.59 Å². The molecule has 0 atom stereocenters. The molecule has 1 aromatic carbocycles. The number of anilines is 1. The lowest BCUT2D eigenvalue weighted by atomic mass is 10.1. The summed E-state index contributed by atoms with van der Waals surface area (Å²) in [4.78, 5) is 26.1. The van der Waals surface area contributed by atoms with Crippen LogP contribution in [-0.2, 0) is 9.59 Å². The lowest BCUT2D eigenvalue weighted by Crippen LogP contribution is -2.38. The summed E-state index contributed by atoms with van der Waals surface area (Å²) in [7, 11) is 3.13. The van der Waals surface area contributed by atoms with Crippen molar-refractivity contribution in [3.8, 4) is 11.5 Å². The number of nitrogens with zero attached hydrogens (tertiary/aromatic N) is 1. The molecule has 1 aromatic rings. The van der Waals surface area contributed by atoms with E-state index in [0.29, 0.717) is 23.7 Å². The highest BCUT2D eigenvalue weighted by atomic mass is 16.5. The minimum absolute atomic E-state index is 0.00925. The SMILES string of the molecule is COc1ccc(OC)c(N(CCC(=O)NC2CCCCCC2)C(C)=O)c1. The van der Waals surface area contributed by atoms with Crippen molar-refractivity contribution in [2.45, 2.75) is 57.9 Å². The van der Waals surface area contributed by atoms with Gasteiger partial charge in [-0.1, -0.05) is 25.7 Å². The van der Waals surface area contributed by atoms with Crippen LogP contribution in [0.2, 0.25) is 0 Å². The van der Waals surface area contributed by atoms with E-state index in [1.807, 2.05) is 0 Å². The number of carbonyl (C=O) groups is 2. The second-order valence-electron chi connectivity index (χ2n) is 6.71. The predicted octanol–water partition coefficient (Wildman–Crippen LogP) is 3.29. The molecule has 2 amide bonds. The highest BCUT2D eigenvalue weighted by Gasteiger charge is 2.20. The van der Waals surface area contributed by atoms with Gasteiger partial charge in [0.1, 0.15) is 11.5 Å². The van der Waals surface area contributed by atoms with Gasteiger partial charge in [-0.2, -0.15) is 0 Å². The zero-order valence-corrected chi connectivity index (χ0v) is 16.0. The molecule has 6 nitrogen and oxygen atoms in total. The van der Waals surface area contributed by atoms with Crippen LogP contribution in [0, 0.1) is 0 Å². The Labute approximate surface area is 155 Å². The molecule has 0 unspecified atom stereocenters. The maximum Gasteiger partial charge on any atom is 0.223 e. The van der Waals surface area contributed by atoms with Crippen LogP contribution in [0.1, 0.15) is 51.9 Å². The summed E-state index contributed by atoms with van der Waals surface area (Å²) in [5, 5.41) is 3.12. The van der Waals surface area contributed by atoms with E-state index in [1.54, 1.807) is 37.3 Å². The minimum Gasteiger partial charge on any atom is -0.497 e. The summed E-state index contributed by atoms with van der Waals surface area (Å²) in [6, 6.07) is 5.56. The summed E-state index contributed by atoms with van der Waals surface area (Å²) in [6.07, 6.45) is 7.20. The van der Waals surface area contributed by atoms with Gasteiger partial charge in [0.05, 0.1) is 19.9 Å². The van der Waals surface area contributed by atoms with Gasteiger partial charge in [0.25, 0.3) is 0 Å². The van der Waals surface area contributed by atoms with Crippen LogP contribution < -0.4 is 19.7 Å². The Morgan fingerprint density at radius 2 is 1.81 bits per heavy atom. The fourth-order valence-corrected chi connectivity index (χ4v) is 3.39. The van der Waals surface area contributed by atoms with Crippen LogP contribution in [0.5, 0.6) is 11.5 Å². The molecule has 0 aliphatic heterocycles. The minimum atomic E-state index is -0.140. The quantitative estimate of drug-likeness (QED) is 0.756. The van der Waals surface area contributed by atoms with E-state index in [2.05, 4.69) is 5.32 Å². The lowest BCUT2D eigenvalue weighted by Gasteiger charge is -2.24. The van der Waals surface area contributed by atoms with Gasteiger partial charge in [0.15, 0.2) is 0 Å². The van der Waals surface area contributed by atoms with Crippen molar-refractivity contribution in [1.29, 1.82) is 0 Å². The Morgan fingerprint density at radius 1 is 1.12 bits per heavy atom. The van der Waals surface area contributed by atoms with Gasteiger partial charge in [-0.15, -0.1) is 0 Å². The van der Waals surface area contributed by atoms with Gasteiger partial charge in [0.2, 0.25) is 11.8 Å². The summed E-state index contributed by atoms with van der Waals surface area (Å²) in [6.45, 7) is 1.79. The van der Waals surface area contributed by atoms with Crippen LogP contribution in [-0.4, -0.2) is 38.6 Å². The molecule has 1 saturated carbocycles. The zero-order chi connectivity index (χ0) is 18.9. The summed E-state index contributed by atoms with van der Waals surface area (Å²) in [5.74, 6) is 1.06. The number of rotatable bonds is 7. The molecule has 0 heterocycles. The number of amides is 2. The average Bonchev–Trinajstić information content (AvgIpc) is 2.90. The second kappa shape index (κ2) is 10.0. The first-order valence-corrected chi connectivity index (χ1v) is 9.34. The van der Waals surface area contributed by atoms with Crippen molar-refractivity contribution in [1.82, 2.24) is 5.32 Å². The van der Waals surface area contributed by atoms with Gasteiger partial charge >= 0.3 is 0 Å². The topological polar surface area (TPSA) is 67.9 Å². The molecule has 0 radical (unpaired) electrons. The average molecular weight is 362 g/mol. The van der Waals surface area contributed by atoms with Crippen molar-refractivity contribution in [2.75, 3.05) is 25.7 Å². The molecular weight excluding hydrogens is 332 g/mol. The van der Waals surface area contributed by atoms with Gasteiger partial charge in [-0.25, -0.2) is 0 Å². The number of ether oxygens (including phenoxy) is 2. The van der Waals surface area contributed by atoms with Gasteiger partial charge in [0, 0.05) is 32.0 Å². The Hall–Kier alpha value is -2.24. The standard InChI is InChI=1S/C20H30N2O4/c1-15(23)22(18-14-17(25-2)10-11-19(18)26-3)13-12-20(24)21-16-8-6-4-5-7-9-16/h10-11,14,16H,4-9,12-13H2,1-3H3,(H,21,24). The van der Waals surface area contributed by atoms with Crippen LogP contribution in [0.4, 0.5) is 5.69 Å². The maximum atomic E-state index is 12.4. The first kappa shape index (κ1) is 20.1. The molecule has 1 N–H and O–H groups in total. The largest absolute Gasteiger partial charge is 0.497 e. The lowest BCUT2D eigenvalue weighted by molar-refractivity contribution is -0.121. The fraction of sp³-hybridized carbons (Fsp3) is 0.600. The molecule has 0 saturated heterocycles. The van der Waals surface area contributed by atoms with Crippen LogP contribution >= 0.6 is 0 Å². The third-order valence-corrected chi connectivity index (χ3v) is 4.84. The fourth-order valence-electron chi connectivity index (χ4n) is 3.39. The number of benzene rings is 1. The number of hydrogen-bond acceptors (Lipinski definition) is 4. The highest BCUT2D eigenvalue weighted by Crippen LogP contribution is 2.32. The summed E-state index contributed by atoms with van der Waals surface area (Å²) < 4.78 is 10.6. The third-order valence-electron chi connectivity index (χ3n) is 4.84. The van der Waals surface area contributed by atoms with E-state index in [4.69, 9.17) is 9.47 Å². The van der Waals surface area contributed by atoms with Crippen LogP contribution in [0.25, 0.3) is 0 Å². The van der Waals surface area contributed by atoms with Crippen molar-refractivity contribution in [2.24, 2.45) is 0 Å². The molecule has 1 aliphatic rings. The van der Waals surface area contributed by atoms with Crippen molar-refractivity contribution in [3.05, 3.63) is 18.2 Å². The second-order valence-corrected chi connectivity index (χ2v) is 6.71. The third kappa shape index (κ3) is 5.64. The Bertz CT molecular complexity index is 610. The molecule has 6 heteroatoms. The van der Waals surface area contributed by atoms with Gasteiger partial charge < -0.3 is 19.7 Å². The van der Waals surface area contributed by atoms with E-state index in [0.717, 1.165) is 12.8 Å². The van der Waals surface area contributed by atoms with E-state index in [-0.39, 0.29) is 24.3 Å². The zero-order valence-electron chi connectivity index (χ0n) is 16.0. The van der Waals surface area contributed by atoms with E-state index in [1.165, 1.54) is 32.6 Å². The molecule has 0 bridgehead atoms. The van der Waals surface area contributed by atoms with E-state index < -0.39 is 0 Å². The predicted molar refractivity (Wildman–Crippen MR) is 102 cm³/mol. The summed E-state index contributed by atoms with van der Waals surface area (Å²) in [5.41, 5.74) is 0.613. The molecule has 26 heavy (non-hydrogen) atoms. The van der Waals surface area contributed by atoms with Gasteiger partial charge in [-0.3, -0.25) is 9.59 Å². The molecular formula is C20H30N2O4. The van der Waals surface area contributed by atoms with Crippen molar-refractivity contribution >= 4 is 17.5 Å². The molecule has 0 aromatic heterocycles. The normalized spacial score (nSPS) is 15.0. The molecule has 1 aliphatic carbocycles. The van der Waals surface area contributed by atoms with Gasteiger partial charge in [-0.05, 0) is 25.0 Å². The first-order chi connectivity index (χ1) is 12.5. The van der Waals surface area contributed by atoms with Crippen molar-refractivity contribution in [3.63, 3.8) is 0 Å². The van der Waals surface area contributed by atoms with Crippen LogP contribution in [0.15, 0.2) is 18.2 Å². The number of methoxy groups -OCH3 is 2. The number of hydrogen-bond donors (Lipinski definition) is 1. The smallest absolute Gasteiger partial charge is 0.223 e. The Kier molecular flexibility index (Phi) is 7.75. The van der Waals surface area contributed by atoms with E-state index >= 15 is 0 Å². The first-order valence-electron chi connectivity index (χ1n) is 9.34. The Balaban J connectivity index is 2.02. The number of nitrogens with one attached hydrogen (secondary N) is 1. The summed E-state index contributed by atoms with van der Waals surface area (Å²) >= 11 is 0. The van der Waals surface area contributed by atoms with Crippen molar-refractivity contribution < 1.29 is 19.1 Å². The number of carbonyl (C=O) groups excluding carboxylic acids is 2. The molecule has 144 valence electrons. The highest BCUT2D eigenvalue weighted by molar-refractivity contribution is 5.94. The maximum absolute atomic E-state index is 12.4. The molecule has 2 rings (SSSR count).